The summed E-state index contributed by atoms with van der Waals surface area (Å²) in [4.78, 5) is 37.9. The van der Waals surface area contributed by atoms with Gasteiger partial charge in [-0.05, 0) is 38.3 Å². The molecule has 0 atom stereocenters. The van der Waals surface area contributed by atoms with E-state index in [1.807, 2.05) is 38.1 Å². The van der Waals surface area contributed by atoms with Gasteiger partial charge in [-0.3, -0.25) is 14.4 Å². The van der Waals surface area contributed by atoms with E-state index in [0.717, 1.165) is 31.2 Å². The standard InChI is InChI=1S/C19H27N3O3/c1-3-11-22(19(25)15-5-4-6-15)13-18(24)20-12-17(23)21-16-9-7-14(2)8-10-16/h7-10,15H,3-6,11-13H2,1-2H3,(H,20,24)(H,21,23). The summed E-state index contributed by atoms with van der Waals surface area (Å²) in [6.07, 6.45) is 3.72. The van der Waals surface area contributed by atoms with Crippen LogP contribution in [-0.2, 0) is 14.4 Å². The lowest BCUT2D eigenvalue weighted by atomic mass is 9.84. The van der Waals surface area contributed by atoms with Crippen molar-refractivity contribution in [3.05, 3.63) is 29.8 Å². The summed E-state index contributed by atoms with van der Waals surface area (Å²) in [5.74, 6) is -0.457. The van der Waals surface area contributed by atoms with E-state index in [1.54, 1.807) is 4.90 Å². The number of carbonyl (C=O) groups is 3. The predicted octanol–water partition coefficient (Wildman–Crippen LogP) is 2.09. The fourth-order valence-electron chi connectivity index (χ4n) is 2.70. The predicted molar refractivity (Wildman–Crippen MR) is 97.0 cm³/mol. The summed E-state index contributed by atoms with van der Waals surface area (Å²) in [5, 5.41) is 5.32. The van der Waals surface area contributed by atoms with Crippen molar-refractivity contribution in [1.82, 2.24) is 10.2 Å². The smallest absolute Gasteiger partial charge is 0.243 e. The van der Waals surface area contributed by atoms with Gasteiger partial charge in [-0.15, -0.1) is 0 Å². The number of nitrogens with zero attached hydrogens (tertiary/aromatic N) is 1. The van der Waals surface area contributed by atoms with Crippen LogP contribution in [0.15, 0.2) is 24.3 Å². The fourth-order valence-corrected chi connectivity index (χ4v) is 2.70. The zero-order chi connectivity index (χ0) is 18.2. The molecule has 0 bridgehead atoms. The van der Waals surface area contributed by atoms with Gasteiger partial charge in [0.05, 0.1) is 13.1 Å². The Hall–Kier alpha value is -2.37. The SMILES string of the molecule is CCCN(CC(=O)NCC(=O)Nc1ccc(C)cc1)C(=O)C1CCC1. The second-order valence-corrected chi connectivity index (χ2v) is 6.58. The molecule has 0 saturated heterocycles. The average Bonchev–Trinajstić information content (AvgIpc) is 2.53. The molecule has 0 heterocycles. The quantitative estimate of drug-likeness (QED) is 0.757. The van der Waals surface area contributed by atoms with Crippen molar-refractivity contribution < 1.29 is 14.4 Å². The minimum absolute atomic E-state index is 0.0149. The van der Waals surface area contributed by atoms with Gasteiger partial charge in [-0.1, -0.05) is 31.0 Å². The maximum absolute atomic E-state index is 12.3. The Bertz CT molecular complexity index is 609. The molecule has 1 fully saturated rings. The molecule has 2 N–H and O–H groups in total. The van der Waals surface area contributed by atoms with Crippen molar-refractivity contribution in [2.45, 2.75) is 39.5 Å². The Kier molecular flexibility index (Phi) is 6.98. The molecule has 0 spiro atoms. The van der Waals surface area contributed by atoms with E-state index in [4.69, 9.17) is 0 Å². The molecule has 0 aromatic heterocycles. The number of benzene rings is 1. The van der Waals surface area contributed by atoms with Crippen LogP contribution in [0.25, 0.3) is 0 Å². The Labute approximate surface area is 149 Å². The number of rotatable bonds is 8. The number of hydrogen-bond acceptors (Lipinski definition) is 3. The third-order valence-electron chi connectivity index (χ3n) is 4.38. The zero-order valence-corrected chi connectivity index (χ0v) is 15.0. The van der Waals surface area contributed by atoms with Gasteiger partial charge >= 0.3 is 0 Å². The number of carbonyl (C=O) groups excluding carboxylic acids is 3. The Morgan fingerprint density at radius 1 is 1.12 bits per heavy atom. The van der Waals surface area contributed by atoms with Gasteiger partial charge in [-0.2, -0.15) is 0 Å². The Morgan fingerprint density at radius 3 is 2.36 bits per heavy atom. The molecule has 0 radical (unpaired) electrons. The van der Waals surface area contributed by atoms with Gasteiger partial charge in [0.1, 0.15) is 0 Å². The molecule has 6 nitrogen and oxygen atoms in total. The molecule has 1 saturated carbocycles. The molecule has 1 aliphatic carbocycles. The highest BCUT2D eigenvalue weighted by atomic mass is 16.2. The van der Waals surface area contributed by atoms with Crippen molar-refractivity contribution >= 4 is 23.4 Å². The number of anilines is 1. The number of nitrogens with one attached hydrogen (secondary N) is 2. The third-order valence-corrected chi connectivity index (χ3v) is 4.38. The summed E-state index contributed by atoms with van der Waals surface area (Å²) in [5.41, 5.74) is 1.80. The van der Waals surface area contributed by atoms with Crippen molar-refractivity contribution in [1.29, 1.82) is 0 Å². The van der Waals surface area contributed by atoms with Crippen molar-refractivity contribution in [2.24, 2.45) is 5.92 Å². The van der Waals surface area contributed by atoms with Gasteiger partial charge in [-0.25, -0.2) is 0 Å². The van der Waals surface area contributed by atoms with E-state index in [-0.39, 0.29) is 36.7 Å². The molecule has 0 aliphatic heterocycles. The summed E-state index contributed by atoms with van der Waals surface area (Å²) in [6.45, 7) is 4.43. The lowest BCUT2D eigenvalue weighted by Crippen LogP contribution is -2.46. The molecule has 6 heteroatoms. The van der Waals surface area contributed by atoms with Crippen LogP contribution in [0.4, 0.5) is 5.69 Å². The number of amides is 3. The van der Waals surface area contributed by atoms with Gasteiger partial charge in [0, 0.05) is 18.2 Å². The van der Waals surface area contributed by atoms with E-state index < -0.39 is 0 Å². The first-order chi connectivity index (χ1) is 12.0. The Balaban J connectivity index is 1.76. The maximum atomic E-state index is 12.3. The molecule has 25 heavy (non-hydrogen) atoms. The molecule has 3 amide bonds. The first-order valence-electron chi connectivity index (χ1n) is 8.91. The average molecular weight is 345 g/mol. The molecule has 136 valence electrons. The minimum atomic E-state index is -0.305. The maximum Gasteiger partial charge on any atom is 0.243 e. The Morgan fingerprint density at radius 2 is 1.80 bits per heavy atom. The second-order valence-electron chi connectivity index (χ2n) is 6.58. The third kappa shape index (κ3) is 5.89. The minimum Gasteiger partial charge on any atom is -0.345 e. The molecule has 1 aromatic rings. The van der Waals surface area contributed by atoms with Crippen LogP contribution in [-0.4, -0.2) is 42.3 Å². The highest BCUT2D eigenvalue weighted by Crippen LogP contribution is 2.28. The van der Waals surface area contributed by atoms with E-state index >= 15 is 0 Å². The molecule has 0 unspecified atom stereocenters. The van der Waals surface area contributed by atoms with Crippen LogP contribution < -0.4 is 10.6 Å². The van der Waals surface area contributed by atoms with Gasteiger partial charge in [0.25, 0.3) is 0 Å². The van der Waals surface area contributed by atoms with Crippen LogP contribution in [0.3, 0.4) is 0 Å². The first-order valence-corrected chi connectivity index (χ1v) is 8.91. The zero-order valence-electron chi connectivity index (χ0n) is 15.0. The summed E-state index contributed by atoms with van der Waals surface area (Å²) >= 11 is 0. The molecular weight excluding hydrogens is 318 g/mol. The van der Waals surface area contributed by atoms with E-state index in [2.05, 4.69) is 10.6 Å². The first kappa shape index (κ1) is 19.0. The largest absolute Gasteiger partial charge is 0.345 e. The summed E-state index contributed by atoms with van der Waals surface area (Å²) in [7, 11) is 0. The van der Waals surface area contributed by atoms with Crippen LogP contribution in [0.2, 0.25) is 0 Å². The van der Waals surface area contributed by atoms with Crippen LogP contribution >= 0.6 is 0 Å². The second kappa shape index (κ2) is 9.20. The van der Waals surface area contributed by atoms with Crippen LogP contribution in [0.5, 0.6) is 0 Å². The monoisotopic (exact) mass is 345 g/mol. The fraction of sp³-hybridized carbons (Fsp3) is 0.526. The van der Waals surface area contributed by atoms with Crippen LogP contribution in [0, 0.1) is 12.8 Å². The highest BCUT2D eigenvalue weighted by Gasteiger charge is 2.29. The van der Waals surface area contributed by atoms with Gasteiger partial charge in [0.15, 0.2) is 0 Å². The molecule has 2 rings (SSSR count). The molecule has 1 aliphatic rings. The highest BCUT2D eigenvalue weighted by molar-refractivity contribution is 5.95. The summed E-state index contributed by atoms with van der Waals surface area (Å²) < 4.78 is 0. The van der Waals surface area contributed by atoms with Crippen molar-refractivity contribution in [2.75, 3.05) is 25.0 Å². The van der Waals surface area contributed by atoms with Crippen LogP contribution in [0.1, 0.15) is 38.2 Å². The van der Waals surface area contributed by atoms with E-state index in [9.17, 15) is 14.4 Å². The lowest BCUT2D eigenvalue weighted by molar-refractivity contribution is -0.141. The van der Waals surface area contributed by atoms with Crippen molar-refractivity contribution in [3.8, 4) is 0 Å². The molecule has 1 aromatic carbocycles. The van der Waals surface area contributed by atoms with Crippen molar-refractivity contribution in [3.63, 3.8) is 0 Å². The number of hydrogen-bond donors (Lipinski definition) is 2. The molecular formula is C19H27N3O3. The van der Waals surface area contributed by atoms with E-state index in [0.29, 0.717) is 12.2 Å². The lowest BCUT2D eigenvalue weighted by Gasteiger charge is -2.31. The number of aryl methyl sites for hydroxylation is 1. The summed E-state index contributed by atoms with van der Waals surface area (Å²) in [6, 6.07) is 7.44. The van der Waals surface area contributed by atoms with Gasteiger partial charge < -0.3 is 15.5 Å². The van der Waals surface area contributed by atoms with E-state index in [1.165, 1.54) is 0 Å². The normalized spacial score (nSPS) is 13.7. The van der Waals surface area contributed by atoms with Gasteiger partial charge in [0.2, 0.25) is 17.7 Å². The topological polar surface area (TPSA) is 78.5 Å².